The number of anilines is 1. The highest BCUT2D eigenvalue weighted by molar-refractivity contribution is 6.42. The van der Waals surface area contributed by atoms with Crippen molar-refractivity contribution in [2.75, 3.05) is 11.9 Å². The van der Waals surface area contributed by atoms with Gasteiger partial charge < -0.3 is 5.32 Å². The molecule has 2 nitrogen and oxygen atoms in total. The number of carbonyl (C=O) groups is 1. The Bertz CT molecular complexity index is 653. The van der Waals surface area contributed by atoms with Crippen molar-refractivity contribution in [1.82, 2.24) is 0 Å². The van der Waals surface area contributed by atoms with Crippen LogP contribution in [0, 0.1) is 13.8 Å². The van der Waals surface area contributed by atoms with Crippen molar-refractivity contribution in [1.29, 1.82) is 0 Å². The first kappa shape index (κ1) is 14.9. The molecular weight excluding hydrogens is 293 g/mol. The van der Waals surface area contributed by atoms with E-state index in [2.05, 4.69) is 11.4 Å². The van der Waals surface area contributed by atoms with E-state index < -0.39 is 0 Å². The van der Waals surface area contributed by atoms with E-state index in [1.807, 2.05) is 26.0 Å². The normalized spacial score (nSPS) is 10.4. The average molecular weight is 308 g/mol. The highest BCUT2D eigenvalue weighted by atomic mass is 35.5. The SMILES string of the molecule is Cc1ccc(NCC(=O)c2ccc(Cl)c(Cl)c2)c(C)c1. The standard InChI is InChI=1S/C16H15Cl2NO/c1-10-3-6-15(11(2)7-10)19-9-16(20)12-4-5-13(17)14(18)8-12/h3-8,19H,9H2,1-2H3. The van der Waals surface area contributed by atoms with Gasteiger partial charge in [-0.15, -0.1) is 0 Å². The number of nitrogens with one attached hydrogen (secondary N) is 1. The smallest absolute Gasteiger partial charge is 0.181 e. The van der Waals surface area contributed by atoms with E-state index in [4.69, 9.17) is 23.2 Å². The molecule has 0 saturated heterocycles. The van der Waals surface area contributed by atoms with Gasteiger partial charge in [-0.3, -0.25) is 4.79 Å². The quantitative estimate of drug-likeness (QED) is 0.814. The fraction of sp³-hybridized carbons (Fsp3) is 0.188. The fourth-order valence-corrected chi connectivity index (χ4v) is 2.26. The molecule has 0 unspecified atom stereocenters. The van der Waals surface area contributed by atoms with Crippen molar-refractivity contribution in [2.24, 2.45) is 0 Å². The number of carbonyl (C=O) groups excluding carboxylic acids is 1. The average Bonchev–Trinajstić information content (AvgIpc) is 2.40. The maximum Gasteiger partial charge on any atom is 0.181 e. The third-order valence-electron chi connectivity index (χ3n) is 3.06. The number of ketones is 1. The third kappa shape index (κ3) is 3.53. The highest BCUT2D eigenvalue weighted by Crippen LogP contribution is 2.23. The minimum absolute atomic E-state index is 0.0245. The van der Waals surface area contributed by atoms with Gasteiger partial charge in [-0.1, -0.05) is 40.9 Å². The second-order valence-corrected chi connectivity index (χ2v) is 5.54. The lowest BCUT2D eigenvalue weighted by atomic mass is 10.1. The van der Waals surface area contributed by atoms with Gasteiger partial charge in [0, 0.05) is 11.3 Å². The molecule has 0 radical (unpaired) electrons. The van der Waals surface area contributed by atoms with Crippen molar-refractivity contribution in [2.45, 2.75) is 13.8 Å². The Morgan fingerprint density at radius 2 is 1.80 bits per heavy atom. The van der Waals surface area contributed by atoms with Crippen LogP contribution in [0.1, 0.15) is 21.5 Å². The summed E-state index contributed by atoms with van der Waals surface area (Å²) in [5, 5.41) is 3.99. The number of Topliss-reactive ketones (excluding diaryl/α,β-unsaturated/α-hetero) is 1. The van der Waals surface area contributed by atoms with Crippen LogP contribution < -0.4 is 5.32 Å². The summed E-state index contributed by atoms with van der Waals surface area (Å²) in [4.78, 5) is 12.1. The lowest BCUT2D eigenvalue weighted by Gasteiger charge is -2.10. The van der Waals surface area contributed by atoms with Crippen LogP contribution >= 0.6 is 23.2 Å². The van der Waals surface area contributed by atoms with Crippen molar-refractivity contribution in [3.8, 4) is 0 Å². The number of hydrogen-bond donors (Lipinski definition) is 1. The third-order valence-corrected chi connectivity index (χ3v) is 3.80. The molecule has 0 atom stereocenters. The fourth-order valence-electron chi connectivity index (χ4n) is 1.96. The van der Waals surface area contributed by atoms with Crippen LogP contribution in [0.25, 0.3) is 0 Å². The number of halogens is 2. The molecule has 0 bridgehead atoms. The van der Waals surface area contributed by atoms with Gasteiger partial charge in [0.2, 0.25) is 0 Å². The minimum atomic E-state index is -0.0245. The molecule has 0 spiro atoms. The Hall–Kier alpha value is -1.51. The van der Waals surface area contributed by atoms with E-state index in [1.165, 1.54) is 5.56 Å². The monoisotopic (exact) mass is 307 g/mol. The second kappa shape index (κ2) is 6.29. The molecule has 104 valence electrons. The molecule has 0 amide bonds. The van der Waals surface area contributed by atoms with Gasteiger partial charge in [0.15, 0.2) is 5.78 Å². The molecule has 0 aliphatic heterocycles. The molecule has 2 aromatic rings. The van der Waals surface area contributed by atoms with Crippen molar-refractivity contribution in [3.63, 3.8) is 0 Å². The molecule has 0 aliphatic rings. The molecule has 4 heteroatoms. The summed E-state index contributed by atoms with van der Waals surface area (Å²) in [5.74, 6) is -0.0245. The summed E-state index contributed by atoms with van der Waals surface area (Å²) in [5.41, 5.74) is 3.83. The number of aryl methyl sites for hydroxylation is 2. The van der Waals surface area contributed by atoms with Crippen LogP contribution in [0.2, 0.25) is 10.0 Å². The van der Waals surface area contributed by atoms with E-state index in [0.717, 1.165) is 11.3 Å². The minimum Gasteiger partial charge on any atom is -0.377 e. The Morgan fingerprint density at radius 1 is 1.05 bits per heavy atom. The van der Waals surface area contributed by atoms with Crippen LogP contribution in [0.5, 0.6) is 0 Å². The van der Waals surface area contributed by atoms with Gasteiger partial charge in [-0.2, -0.15) is 0 Å². The topological polar surface area (TPSA) is 29.1 Å². The maximum atomic E-state index is 12.1. The lowest BCUT2D eigenvalue weighted by molar-refractivity contribution is 0.101. The van der Waals surface area contributed by atoms with E-state index in [9.17, 15) is 4.79 Å². The first-order chi connectivity index (χ1) is 9.47. The van der Waals surface area contributed by atoms with Gasteiger partial charge in [0.05, 0.1) is 16.6 Å². The predicted molar refractivity (Wildman–Crippen MR) is 85.2 cm³/mol. The van der Waals surface area contributed by atoms with E-state index in [0.29, 0.717) is 15.6 Å². The summed E-state index contributed by atoms with van der Waals surface area (Å²) in [6, 6.07) is 11.0. The van der Waals surface area contributed by atoms with Crippen LogP contribution in [0.4, 0.5) is 5.69 Å². The maximum absolute atomic E-state index is 12.1. The van der Waals surface area contributed by atoms with Gasteiger partial charge >= 0.3 is 0 Å². The lowest BCUT2D eigenvalue weighted by Crippen LogP contribution is -2.14. The highest BCUT2D eigenvalue weighted by Gasteiger charge is 2.08. The molecule has 0 fully saturated rings. The summed E-state index contributed by atoms with van der Waals surface area (Å²) in [6.07, 6.45) is 0. The van der Waals surface area contributed by atoms with Crippen LogP contribution in [0.3, 0.4) is 0 Å². The van der Waals surface area contributed by atoms with Crippen LogP contribution in [-0.4, -0.2) is 12.3 Å². The Kier molecular flexibility index (Phi) is 4.69. The van der Waals surface area contributed by atoms with Crippen LogP contribution in [0.15, 0.2) is 36.4 Å². The number of benzene rings is 2. The molecule has 2 rings (SSSR count). The summed E-state index contributed by atoms with van der Waals surface area (Å²) in [7, 11) is 0. The number of rotatable bonds is 4. The van der Waals surface area contributed by atoms with Gasteiger partial charge in [-0.05, 0) is 43.7 Å². The second-order valence-electron chi connectivity index (χ2n) is 4.72. The van der Waals surface area contributed by atoms with Gasteiger partial charge in [-0.25, -0.2) is 0 Å². The number of hydrogen-bond acceptors (Lipinski definition) is 2. The van der Waals surface area contributed by atoms with Crippen LogP contribution in [-0.2, 0) is 0 Å². The van der Waals surface area contributed by atoms with E-state index in [-0.39, 0.29) is 12.3 Å². The molecule has 0 saturated carbocycles. The van der Waals surface area contributed by atoms with Crippen molar-refractivity contribution < 1.29 is 4.79 Å². The Balaban J connectivity index is 2.06. The van der Waals surface area contributed by atoms with E-state index >= 15 is 0 Å². The van der Waals surface area contributed by atoms with Gasteiger partial charge in [0.1, 0.15) is 0 Å². The van der Waals surface area contributed by atoms with E-state index in [1.54, 1.807) is 18.2 Å². The largest absolute Gasteiger partial charge is 0.377 e. The summed E-state index contributed by atoms with van der Waals surface area (Å²) < 4.78 is 0. The van der Waals surface area contributed by atoms with Crippen molar-refractivity contribution in [3.05, 3.63) is 63.1 Å². The van der Waals surface area contributed by atoms with Gasteiger partial charge in [0.25, 0.3) is 0 Å². The van der Waals surface area contributed by atoms with Crippen molar-refractivity contribution >= 4 is 34.7 Å². The predicted octanol–water partition coefficient (Wildman–Crippen LogP) is 4.91. The Labute approximate surface area is 128 Å². The zero-order valence-corrected chi connectivity index (χ0v) is 12.8. The zero-order valence-electron chi connectivity index (χ0n) is 11.3. The molecule has 0 aromatic heterocycles. The Morgan fingerprint density at radius 3 is 2.45 bits per heavy atom. The molecule has 20 heavy (non-hydrogen) atoms. The molecule has 0 aliphatic carbocycles. The first-order valence-corrected chi connectivity index (χ1v) is 7.02. The summed E-state index contributed by atoms with van der Waals surface area (Å²) in [6.45, 7) is 4.28. The molecule has 2 aromatic carbocycles. The molecule has 1 N–H and O–H groups in total. The zero-order chi connectivity index (χ0) is 14.7. The molecular formula is C16H15Cl2NO. The summed E-state index contributed by atoms with van der Waals surface area (Å²) >= 11 is 11.7. The first-order valence-electron chi connectivity index (χ1n) is 6.27. The molecule has 0 heterocycles.